The number of fused-ring (bicyclic) bond motifs is 2. The van der Waals surface area contributed by atoms with Gasteiger partial charge in [-0.2, -0.15) is 0 Å². The Balaban J connectivity index is 0.00000289. The van der Waals surface area contributed by atoms with Gasteiger partial charge >= 0.3 is 5.76 Å². The number of rotatable bonds is 7. The van der Waals surface area contributed by atoms with E-state index in [0.29, 0.717) is 35.1 Å². The maximum Gasteiger partial charge on any atom is 0.420 e. The molecule has 2 heterocycles. The van der Waals surface area contributed by atoms with Crippen molar-refractivity contribution in [3.63, 3.8) is 0 Å². The Morgan fingerprint density at radius 2 is 1.94 bits per heavy atom. The van der Waals surface area contributed by atoms with E-state index in [4.69, 9.17) is 14.1 Å². The lowest BCUT2D eigenvalue weighted by Gasteiger charge is -2.22. The summed E-state index contributed by atoms with van der Waals surface area (Å²) in [6.07, 6.45) is 0. The number of oxazole rings is 1. The van der Waals surface area contributed by atoms with Crippen LogP contribution < -0.4 is 15.4 Å². The fraction of sp³-hybridized carbons (Fsp3) is 0.318. The minimum atomic E-state index is -0.552. The second kappa shape index (κ2) is 9.72. The number of hydrogen-bond acceptors (Lipinski definition) is 7. The minimum Gasteiger partial charge on any atom is -0.494 e. The molecule has 4 rings (SSSR count). The molecule has 0 atom stereocenters. The predicted octanol–water partition coefficient (Wildman–Crippen LogP) is 3.54. The van der Waals surface area contributed by atoms with E-state index in [1.807, 2.05) is 44.1 Å². The molecule has 0 bridgehead atoms. The van der Waals surface area contributed by atoms with Crippen LogP contribution in [0.4, 0.5) is 5.13 Å². The average Bonchev–Trinajstić information content (AvgIpc) is 3.31. The molecule has 0 unspecified atom stereocenters. The molecule has 0 aliphatic carbocycles. The number of hydrogen-bond donors (Lipinski definition) is 0. The number of ether oxygens (including phenoxy) is 1. The predicted molar refractivity (Wildman–Crippen MR) is 130 cm³/mol. The third-order valence-corrected chi connectivity index (χ3v) is 6.30. The number of thiazole rings is 1. The molecular weight excluding hydrogens is 452 g/mol. The van der Waals surface area contributed by atoms with Crippen molar-refractivity contribution in [2.45, 2.75) is 13.5 Å². The molecule has 0 aliphatic rings. The molecule has 0 N–H and O–H groups in total. The van der Waals surface area contributed by atoms with E-state index >= 15 is 0 Å². The average molecular weight is 477 g/mol. The summed E-state index contributed by atoms with van der Waals surface area (Å²) in [4.78, 5) is 34.1. The quantitative estimate of drug-likeness (QED) is 0.406. The second-order valence-corrected chi connectivity index (χ2v) is 8.51. The van der Waals surface area contributed by atoms with Crippen LogP contribution in [0.3, 0.4) is 0 Å². The van der Waals surface area contributed by atoms with Crippen LogP contribution in [0, 0.1) is 6.92 Å². The Hall–Kier alpha value is -2.88. The fourth-order valence-electron chi connectivity index (χ4n) is 3.39. The summed E-state index contributed by atoms with van der Waals surface area (Å²) in [7, 11) is 5.50. The first kappa shape index (κ1) is 23.8. The van der Waals surface area contributed by atoms with Crippen LogP contribution in [0.1, 0.15) is 5.56 Å². The van der Waals surface area contributed by atoms with Crippen molar-refractivity contribution in [3.8, 4) is 5.75 Å². The first-order valence-electron chi connectivity index (χ1n) is 9.86. The zero-order valence-electron chi connectivity index (χ0n) is 18.3. The largest absolute Gasteiger partial charge is 0.494 e. The lowest BCUT2D eigenvalue weighted by molar-refractivity contribution is -0.119. The number of aromatic nitrogens is 2. The zero-order chi connectivity index (χ0) is 22.1. The van der Waals surface area contributed by atoms with Gasteiger partial charge in [0.05, 0.1) is 17.3 Å². The molecule has 10 heteroatoms. The van der Waals surface area contributed by atoms with E-state index in [1.54, 1.807) is 30.2 Å². The molecule has 0 spiro atoms. The summed E-state index contributed by atoms with van der Waals surface area (Å²) in [6.45, 7) is 2.97. The fourth-order valence-corrected chi connectivity index (χ4v) is 4.48. The van der Waals surface area contributed by atoms with Crippen molar-refractivity contribution in [1.82, 2.24) is 14.5 Å². The lowest BCUT2D eigenvalue weighted by Crippen LogP contribution is -2.39. The number of carbonyl (C=O) groups excluding carboxylic acids is 1. The van der Waals surface area contributed by atoms with Gasteiger partial charge in [0.1, 0.15) is 17.8 Å². The topological polar surface area (TPSA) is 80.8 Å². The van der Waals surface area contributed by atoms with Crippen molar-refractivity contribution in [1.29, 1.82) is 0 Å². The van der Waals surface area contributed by atoms with Crippen molar-refractivity contribution in [3.05, 3.63) is 52.5 Å². The van der Waals surface area contributed by atoms with Gasteiger partial charge in [0, 0.05) is 13.1 Å². The Labute approximate surface area is 195 Å². The summed E-state index contributed by atoms with van der Waals surface area (Å²) in [5, 5.41) is 0.579. The molecular formula is C22H25ClN4O4S. The van der Waals surface area contributed by atoms with Gasteiger partial charge in [-0.15, -0.1) is 12.4 Å². The number of amides is 1. The molecule has 1 amide bonds. The molecule has 8 nitrogen and oxygen atoms in total. The molecule has 0 saturated heterocycles. The third-order valence-electron chi connectivity index (χ3n) is 5.08. The molecule has 0 aliphatic heterocycles. The highest BCUT2D eigenvalue weighted by molar-refractivity contribution is 7.22. The second-order valence-electron chi connectivity index (χ2n) is 7.53. The standard InChI is InChI=1S/C22H24N4O4S.ClH/c1-14-9-10-17(29-4)19-20(14)31-21(23-19)25(12-11-24(2)3)18(27)13-26-15-7-5-6-8-16(15)30-22(26)28;/h5-10H,11-13H2,1-4H3;1H. The number of halogens is 1. The Morgan fingerprint density at radius 1 is 1.19 bits per heavy atom. The lowest BCUT2D eigenvalue weighted by atomic mass is 10.2. The van der Waals surface area contributed by atoms with E-state index in [0.717, 1.165) is 15.8 Å². The smallest absolute Gasteiger partial charge is 0.420 e. The summed E-state index contributed by atoms with van der Waals surface area (Å²) in [5.74, 6) is -0.116. The number of anilines is 1. The maximum atomic E-state index is 13.4. The highest BCUT2D eigenvalue weighted by Gasteiger charge is 2.23. The molecule has 2 aromatic carbocycles. The number of benzene rings is 2. The maximum absolute atomic E-state index is 13.4. The number of likely N-dealkylation sites (N-methyl/N-ethyl adjacent to an activating group) is 1. The van der Waals surface area contributed by atoms with Crippen molar-refractivity contribution in [2.24, 2.45) is 0 Å². The van der Waals surface area contributed by atoms with E-state index in [-0.39, 0.29) is 24.9 Å². The molecule has 2 aromatic heterocycles. The van der Waals surface area contributed by atoms with Gasteiger partial charge in [-0.25, -0.2) is 9.78 Å². The monoisotopic (exact) mass is 476 g/mol. The first-order chi connectivity index (χ1) is 14.9. The van der Waals surface area contributed by atoms with E-state index in [2.05, 4.69) is 0 Å². The number of carbonyl (C=O) groups is 1. The van der Waals surface area contributed by atoms with Crippen LogP contribution in [-0.4, -0.2) is 54.7 Å². The molecule has 0 fully saturated rings. The van der Waals surface area contributed by atoms with Crippen LogP contribution in [0.15, 0.2) is 45.6 Å². The Bertz CT molecular complexity index is 1310. The molecule has 32 heavy (non-hydrogen) atoms. The normalized spacial score (nSPS) is 11.2. The number of nitrogens with zero attached hydrogens (tertiary/aromatic N) is 4. The SMILES string of the molecule is COc1ccc(C)c2sc(N(CCN(C)C)C(=O)Cn3c(=O)oc4ccccc43)nc12.Cl. The van der Waals surface area contributed by atoms with Crippen molar-refractivity contribution >= 4 is 56.1 Å². The van der Waals surface area contributed by atoms with Crippen LogP contribution in [-0.2, 0) is 11.3 Å². The minimum absolute atomic E-state index is 0. The van der Waals surface area contributed by atoms with Crippen molar-refractivity contribution < 1.29 is 13.9 Å². The highest BCUT2D eigenvalue weighted by Crippen LogP contribution is 2.36. The van der Waals surface area contributed by atoms with Crippen LogP contribution in [0.5, 0.6) is 5.75 Å². The van der Waals surface area contributed by atoms with Gasteiger partial charge in [0.2, 0.25) is 5.91 Å². The summed E-state index contributed by atoms with van der Waals surface area (Å²) >= 11 is 1.45. The summed E-state index contributed by atoms with van der Waals surface area (Å²) in [5.41, 5.74) is 2.85. The van der Waals surface area contributed by atoms with Crippen LogP contribution in [0.2, 0.25) is 0 Å². The molecule has 0 saturated carbocycles. The number of methoxy groups -OCH3 is 1. The van der Waals surface area contributed by atoms with Crippen LogP contribution >= 0.6 is 23.7 Å². The number of para-hydroxylation sites is 2. The van der Waals surface area contributed by atoms with Gasteiger partial charge in [0.25, 0.3) is 0 Å². The zero-order valence-corrected chi connectivity index (χ0v) is 20.0. The summed E-state index contributed by atoms with van der Waals surface area (Å²) < 4.78 is 13.1. The van der Waals surface area contributed by atoms with E-state index in [9.17, 15) is 9.59 Å². The van der Waals surface area contributed by atoms with Crippen molar-refractivity contribution in [2.75, 3.05) is 39.2 Å². The van der Waals surface area contributed by atoms with Gasteiger partial charge in [-0.1, -0.05) is 29.5 Å². The van der Waals surface area contributed by atoms with E-state index in [1.165, 1.54) is 15.9 Å². The van der Waals surface area contributed by atoms with Crippen LogP contribution in [0.25, 0.3) is 21.3 Å². The summed E-state index contributed by atoms with van der Waals surface area (Å²) in [6, 6.07) is 10.9. The van der Waals surface area contributed by atoms with Gasteiger partial charge in [0.15, 0.2) is 10.7 Å². The van der Waals surface area contributed by atoms with Gasteiger partial charge < -0.3 is 14.1 Å². The molecule has 0 radical (unpaired) electrons. The highest BCUT2D eigenvalue weighted by atomic mass is 35.5. The Morgan fingerprint density at radius 3 is 2.66 bits per heavy atom. The first-order valence-corrected chi connectivity index (χ1v) is 10.7. The van der Waals surface area contributed by atoms with Gasteiger partial charge in [-0.3, -0.25) is 14.3 Å². The third kappa shape index (κ3) is 4.50. The Kier molecular flexibility index (Phi) is 7.22. The molecule has 170 valence electrons. The number of aryl methyl sites for hydroxylation is 1. The van der Waals surface area contributed by atoms with Gasteiger partial charge in [-0.05, 0) is 44.8 Å². The van der Waals surface area contributed by atoms with E-state index < -0.39 is 5.76 Å². The molecule has 4 aromatic rings.